The van der Waals surface area contributed by atoms with Gasteiger partial charge >= 0.3 is 5.97 Å². The first kappa shape index (κ1) is 12.3. The lowest BCUT2D eigenvalue weighted by Crippen LogP contribution is -2.25. The van der Waals surface area contributed by atoms with Crippen molar-refractivity contribution in [1.82, 2.24) is 0 Å². The maximum atomic E-state index is 11.1. The second-order valence-corrected chi connectivity index (χ2v) is 4.29. The maximum absolute atomic E-state index is 11.1. The molecule has 1 aliphatic rings. The molecule has 2 atom stereocenters. The Morgan fingerprint density at radius 2 is 2.06 bits per heavy atom. The van der Waals surface area contributed by atoms with Crippen LogP contribution in [-0.2, 0) is 9.53 Å². The van der Waals surface area contributed by atoms with Gasteiger partial charge in [-0.2, -0.15) is 0 Å². The fourth-order valence-corrected chi connectivity index (χ4v) is 1.98. The van der Waals surface area contributed by atoms with Gasteiger partial charge in [0.25, 0.3) is 0 Å². The average Bonchev–Trinajstić information content (AvgIpc) is 2.74. The van der Waals surface area contributed by atoms with Crippen molar-refractivity contribution < 1.29 is 14.5 Å². The van der Waals surface area contributed by atoms with Crippen molar-refractivity contribution >= 4 is 5.97 Å². The molecule has 1 heterocycles. The molecule has 0 aromatic heterocycles. The summed E-state index contributed by atoms with van der Waals surface area (Å²) in [4.78, 5) is 21.4. The van der Waals surface area contributed by atoms with Crippen LogP contribution in [0.1, 0.15) is 17.0 Å². The monoisotopic (exact) mass is 247 g/mol. The molecule has 0 bridgehead atoms. The van der Waals surface area contributed by atoms with Crippen molar-refractivity contribution in [2.75, 3.05) is 6.54 Å². The van der Waals surface area contributed by atoms with E-state index in [0.29, 0.717) is 0 Å². The summed E-state index contributed by atoms with van der Waals surface area (Å²) in [6.07, 6.45) is 2.34. The zero-order chi connectivity index (χ0) is 13.1. The lowest BCUT2D eigenvalue weighted by molar-refractivity contribution is -0.484. The Labute approximate surface area is 104 Å². The summed E-state index contributed by atoms with van der Waals surface area (Å²) in [6.45, 7) is 1.69. The molecule has 0 unspecified atom stereocenters. The number of carbonyl (C=O) groups excluding carboxylic acids is 1. The number of esters is 1. The number of aryl methyl sites for hydroxylation is 1. The van der Waals surface area contributed by atoms with E-state index >= 15 is 0 Å². The van der Waals surface area contributed by atoms with Gasteiger partial charge in [-0.25, -0.2) is 4.79 Å². The van der Waals surface area contributed by atoms with Gasteiger partial charge in [-0.15, -0.1) is 0 Å². The van der Waals surface area contributed by atoms with E-state index in [0.717, 1.165) is 11.1 Å². The van der Waals surface area contributed by atoms with Crippen molar-refractivity contribution in [2.45, 2.75) is 18.9 Å². The molecule has 18 heavy (non-hydrogen) atoms. The third-order valence-corrected chi connectivity index (χ3v) is 2.92. The number of cyclic esters (lactones) is 1. The maximum Gasteiger partial charge on any atom is 0.331 e. The Morgan fingerprint density at radius 1 is 1.39 bits per heavy atom. The van der Waals surface area contributed by atoms with Crippen molar-refractivity contribution in [2.24, 2.45) is 0 Å². The number of hydrogen-bond donors (Lipinski definition) is 0. The third kappa shape index (κ3) is 2.74. The van der Waals surface area contributed by atoms with E-state index in [1.165, 1.54) is 6.08 Å². The van der Waals surface area contributed by atoms with Crippen LogP contribution < -0.4 is 0 Å². The van der Waals surface area contributed by atoms with Crippen LogP contribution in [0.15, 0.2) is 36.4 Å². The Hall–Kier alpha value is -2.17. The molecular weight excluding hydrogens is 234 g/mol. The molecule has 94 valence electrons. The number of benzene rings is 1. The van der Waals surface area contributed by atoms with Crippen LogP contribution in [-0.4, -0.2) is 23.5 Å². The standard InChI is InChI=1S/C13H13NO4/c1-9-2-4-10(5-3-9)11(8-14(16)17)12-6-7-13(15)18-12/h2-7,11-12H,8H2,1H3/t11-,12+/m0/s1. The lowest BCUT2D eigenvalue weighted by Gasteiger charge is -2.18. The normalized spacial score (nSPS) is 19.6. The quantitative estimate of drug-likeness (QED) is 0.462. The molecule has 0 spiro atoms. The molecule has 1 aliphatic heterocycles. The van der Waals surface area contributed by atoms with Gasteiger partial charge in [0, 0.05) is 11.0 Å². The first-order valence-electron chi connectivity index (χ1n) is 5.63. The molecule has 0 saturated carbocycles. The van der Waals surface area contributed by atoms with Gasteiger partial charge in [-0.3, -0.25) is 10.1 Å². The summed E-state index contributed by atoms with van der Waals surface area (Å²) >= 11 is 0. The van der Waals surface area contributed by atoms with E-state index in [4.69, 9.17) is 4.74 Å². The molecule has 5 nitrogen and oxygen atoms in total. The van der Waals surface area contributed by atoms with Crippen molar-refractivity contribution in [3.05, 3.63) is 57.7 Å². The minimum absolute atomic E-state index is 0.259. The Morgan fingerprint density at radius 3 is 2.56 bits per heavy atom. The zero-order valence-corrected chi connectivity index (χ0v) is 9.91. The fraction of sp³-hybridized carbons (Fsp3) is 0.308. The highest BCUT2D eigenvalue weighted by Crippen LogP contribution is 2.26. The number of ether oxygens (including phenoxy) is 1. The molecule has 0 amide bonds. The number of rotatable bonds is 4. The third-order valence-electron chi connectivity index (χ3n) is 2.92. The van der Waals surface area contributed by atoms with Crippen LogP contribution >= 0.6 is 0 Å². The van der Waals surface area contributed by atoms with Gasteiger partial charge in [0.1, 0.15) is 6.10 Å². The highest BCUT2D eigenvalue weighted by molar-refractivity contribution is 5.84. The van der Waals surface area contributed by atoms with E-state index in [1.54, 1.807) is 6.08 Å². The van der Waals surface area contributed by atoms with Crippen molar-refractivity contribution in [3.63, 3.8) is 0 Å². The fourth-order valence-electron chi connectivity index (χ4n) is 1.98. The minimum Gasteiger partial charge on any atom is -0.454 e. The summed E-state index contributed by atoms with van der Waals surface area (Å²) in [5.74, 6) is -0.885. The van der Waals surface area contributed by atoms with Gasteiger partial charge in [0.05, 0.1) is 5.92 Å². The summed E-state index contributed by atoms with van der Waals surface area (Å²) in [5.41, 5.74) is 1.89. The number of carbonyl (C=O) groups is 1. The predicted molar refractivity (Wildman–Crippen MR) is 64.8 cm³/mol. The van der Waals surface area contributed by atoms with Crippen molar-refractivity contribution in [3.8, 4) is 0 Å². The molecule has 0 N–H and O–H groups in total. The van der Waals surface area contributed by atoms with Gasteiger partial charge in [0.15, 0.2) is 0 Å². The zero-order valence-electron chi connectivity index (χ0n) is 9.91. The number of nitrogens with zero attached hydrogens (tertiary/aromatic N) is 1. The largest absolute Gasteiger partial charge is 0.454 e. The molecule has 0 aliphatic carbocycles. The molecule has 1 aromatic rings. The average molecular weight is 247 g/mol. The van der Waals surface area contributed by atoms with Gasteiger partial charge < -0.3 is 4.74 Å². The van der Waals surface area contributed by atoms with Crippen LogP contribution in [0, 0.1) is 17.0 Å². The SMILES string of the molecule is Cc1ccc([C@H](C[N+](=O)[O-])[C@H]2C=CC(=O)O2)cc1. The molecule has 0 radical (unpaired) electrons. The Kier molecular flexibility index (Phi) is 3.41. The highest BCUT2D eigenvalue weighted by Gasteiger charge is 2.31. The topological polar surface area (TPSA) is 69.4 Å². The van der Waals surface area contributed by atoms with E-state index in [1.807, 2.05) is 31.2 Å². The summed E-state index contributed by atoms with van der Waals surface area (Å²) in [6, 6.07) is 7.46. The highest BCUT2D eigenvalue weighted by atomic mass is 16.6. The van der Waals surface area contributed by atoms with E-state index in [2.05, 4.69) is 0 Å². The smallest absolute Gasteiger partial charge is 0.331 e. The van der Waals surface area contributed by atoms with Gasteiger partial charge in [-0.05, 0) is 18.6 Å². The molecule has 2 rings (SSSR count). The van der Waals surface area contributed by atoms with Crippen molar-refractivity contribution in [1.29, 1.82) is 0 Å². The Balaban J connectivity index is 2.24. The Bertz CT molecular complexity index is 492. The molecule has 0 saturated heterocycles. The molecule has 1 aromatic carbocycles. The number of nitro groups is 1. The van der Waals surface area contributed by atoms with E-state index in [-0.39, 0.29) is 11.5 Å². The summed E-state index contributed by atoms with van der Waals surface area (Å²) < 4.78 is 5.05. The lowest BCUT2D eigenvalue weighted by atomic mass is 9.93. The first-order chi connectivity index (χ1) is 8.56. The predicted octanol–water partition coefficient (Wildman–Crippen LogP) is 1.84. The second-order valence-electron chi connectivity index (χ2n) is 4.29. The second kappa shape index (κ2) is 5.00. The molecule has 0 fully saturated rings. The van der Waals surface area contributed by atoms with Gasteiger partial charge in [-0.1, -0.05) is 29.8 Å². The van der Waals surface area contributed by atoms with E-state index in [9.17, 15) is 14.9 Å². The summed E-state index contributed by atoms with van der Waals surface area (Å²) in [7, 11) is 0. The van der Waals surface area contributed by atoms with Crippen LogP contribution in [0.5, 0.6) is 0 Å². The minimum atomic E-state index is -0.550. The van der Waals surface area contributed by atoms with Gasteiger partial charge in [0.2, 0.25) is 6.54 Å². The van der Waals surface area contributed by atoms with Crippen LogP contribution in [0.25, 0.3) is 0 Å². The molecule has 5 heteroatoms. The van der Waals surface area contributed by atoms with Crippen LogP contribution in [0.4, 0.5) is 0 Å². The summed E-state index contributed by atoms with van der Waals surface area (Å²) in [5, 5.41) is 10.7. The van der Waals surface area contributed by atoms with Crippen LogP contribution in [0.3, 0.4) is 0 Å². The van der Waals surface area contributed by atoms with Crippen LogP contribution in [0.2, 0.25) is 0 Å². The number of hydrogen-bond acceptors (Lipinski definition) is 4. The van der Waals surface area contributed by atoms with E-state index < -0.39 is 18.0 Å². The first-order valence-corrected chi connectivity index (χ1v) is 5.63. The molecular formula is C13H13NO4.